The normalized spacial score (nSPS) is 12.2. The van der Waals surface area contributed by atoms with Crippen molar-refractivity contribution in [2.24, 2.45) is 0 Å². The van der Waals surface area contributed by atoms with Gasteiger partial charge in [-0.1, -0.05) is 17.2 Å². The Morgan fingerprint density at radius 2 is 1.68 bits per heavy atom. The molecule has 0 aliphatic carbocycles. The molecule has 1 aromatic heterocycles. The summed E-state index contributed by atoms with van der Waals surface area (Å²) in [5, 5.41) is 2.95. The standard InChI is InChI=1S/C18H22N2O2/c1-12(2)22-18(15-5-7-19-8-6-15)20-17(21)16-10-13(3)9-14(4)11-16/h5-12,18H,1-4H3,(H,20,21). The molecule has 4 nitrogen and oxygen atoms in total. The molecule has 0 aliphatic heterocycles. The topological polar surface area (TPSA) is 51.2 Å². The number of pyridine rings is 1. The molecule has 0 radical (unpaired) electrons. The third-order valence-electron chi connectivity index (χ3n) is 3.16. The van der Waals surface area contributed by atoms with Gasteiger partial charge in [0.1, 0.15) is 0 Å². The minimum Gasteiger partial charge on any atom is -0.351 e. The Kier molecular flexibility index (Phi) is 5.28. The van der Waals surface area contributed by atoms with Gasteiger partial charge >= 0.3 is 0 Å². The van der Waals surface area contributed by atoms with Crippen molar-refractivity contribution in [1.29, 1.82) is 0 Å². The summed E-state index contributed by atoms with van der Waals surface area (Å²) >= 11 is 0. The number of benzene rings is 1. The Morgan fingerprint density at radius 3 is 2.23 bits per heavy atom. The van der Waals surface area contributed by atoms with Crippen molar-refractivity contribution in [3.05, 3.63) is 65.0 Å². The zero-order valence-electron chi connectivity index (χ0n) is 13.5. The van der Waals surface area contributed by atoms with E-state index in [1.807, 2.05) is 58.0 Å². The Hall–Kier alpha value is -2.20. The molecule has 116 valence electrons. The summed E-state index contributed by atoms with van der Waals surface area (Å²) in [7, 11) is 0. The van der Waals surface area contributed by atoms with E-state index in [9.17, 15) is 4.79 Å². The lowest BCUT2D eigenvalue weighted by Crippen LogP contribution is -2.32. The SMILES string of the molecule is Cc1cc(C)cc(C(=O)NC(OC(C)C)c2ccncc2)c1. The third kappa shape index (κ3) is 4.40. The summed E-state index contributed by atoms with van der Waals surface area (Å²) in [6, 6.07) is 9.48. The molecule has 1 amide bonds. The quantitative estimate of drug-likeness (QED) is 0.859. The van der Waals surface area contributed by atoms with E-state index in [1.54, 1.807) is 12.4 Å². The lowest BCUT2D eigenvalue weighted by molar-refractivity contribution is -0.0108. The second-order valence-corrected chi connectivity index (χ2v) is 5.70. The minimum absolute atomic E-state index is 0.00212. The number of ether oxygens (including phenoxy) is 1. The van der Waals surface area contributed by atoms with Gasteiger partial charge in [0.2, 0.25) is 0 Å². The average Bonchev–Trinajstić information content (AvgIpc) is 2.46. The minimum atomic E-state index is -0.490. The van der Waals surface area contributed by atoms with Crippen LogP contribution in [-0.2, 0) is 4.74 Å². The third-order valence-corrected chi connectivity index (χ3v) is 3.16. The van der Waals surface area contributed by atoms with Crippen LogP contribution in [0.1, 0.15) is 47.1 Å². The number of carbonyl (C=O) groups is 1. The van der Waals surface area contributed by atoms with E-state index < -0.39 is 6.23 Å². The Morgan fingerprint density at radius 1 is 1.09 bits per heavy atom. The van der Waals surface area contributed by atoms with Crippen molar-refractivity contribution in [2.45, 2.75) is 40.0 Å². The molecule has 0 spiro atoms. The van der Waals surface area contributed by atoms with Crippen molar-refractivity contribution in [3.63, 3.8) is 0 Å². The first kappa shape index (κ1) is 16.2. The van der Waals surface area contributed by atoms with E-state index in [-0.39, 0.29) is 12.0 Å². The zero-order chi connectivity index (χ0) is 16.1. The van der Waals surface area contributed by atoms with Crippen LogP contribution in [0.25, 0.3) is 0 Å². The van der Waals surface area contributed by atoms with Gasteiger partial charge in [-0.05, 0) is 52.0 Å². The second-order valence-electron chi connectivity index (χ2n) is 5.70. The van der Waals surface area contributed by atoms with Crippen LogP contribution in [0.3, 0.4) is 0 Å². The van der Waals surface area contributed by atoms with Crippen molar-refractivity contribution in [1.82, 2.24) is 10.3 Å². The molecule has 1 N–H and O–H groups in total. The number of amides is 1. The Labute approximate surface area is 131 Å². The van der Waals surface area contributed by atoms with Gasteiger partial charge < -0.3 is 10.1 Å². The first-order valence-corrected chi connectivity index (χ1v) is 7.40. The molecule has 2 rings (SSSR count). The van der Waals surface area contributed by atoms with Gasteiger partial charge in [-0.2, -0.15) is 0 Å². The Bertz CT molecular complexity index is 619. The summed E-state index contributed by atoms with van der Waals surface area (Å²) in [5.41, 5.74) is 3.65. The van der Waals surface area contributed by atoms with Crippen LogP contribution < -0.4 is 5.32 Å². The summed E-state index contributed by atoms with van der Waals surface area (Å²) in [5.74, 6) is -0.144. The molecule has 0 aliphatic rings. The first-order valence-electron chi connectivity index (χ1n) is 7.40. The van der Waals surface area contributed by atoms with Gasteiger partial charge in [0.05, 0.1) is 6.10 Å². The highest BCUT2D eigenvalue weighted by molar-refractivity contribution is 5.94. The molecule has 0 saturated heterocycles. The molecule has 0 bridgehead atoms. The van der Waals surface area contributed by atoms with E-state index in [0.29, 0.717) is 5.56 Å². The van der Waals surface area contributed by atoms with Crippen LogP contribution in [0.4, 0.5) is 0 Å². The maximum atomic E-state index is 12.5. The molecule has 1 aromatic carbocycles. The van der Waals surface area contributed by atoms with E-state index >= 15 is 0 Å². The van der Waals surface area contributed by atoms with Gasteiger partial charge in [-0.15, -0.1) is 0 Å². The number of carbonyl (C=O) groups excluding carboxylic acids is 1. The maximum Gasteiger partial charge on any atom is 0.253 e. The van der Waals surface area contributed by atoms with E-state index in [0.717, 1.165) is 16.7 Å². The van der Waals surface area contributed by atoms with Crippen LogP contribution in [0, 0.1) is 13.8 Å². The monoisotopic (exact) mass is 298 g/mol. The van der Waals surface area contributed by atoms with Crippen molar-refractivity contribution in [2.75, 3.05) is 0 Å². The molecule has 1 atom stereocenters. The fraction of sp³-hybridized carbons (Fsp3) is 0.333. The highest BCUT2D eigenvalue weighted by Crippen LogP contribution is 2.17. The summed E-state index contributed by atoms with van der Waals surface area (Å²) in [6.07, 6.45) is 2.89. The smallest absolute Gasteiger partial charge is 0.253 e. The average molecular weight is 298 g/mol. The molecule has 0 fully saturated rings. The van der Waals surface area contributed by atoms with Gasteiger partial charge in [0.15, 0.2) is 6.23 Å². The zero-order valence-corrected chi connectivity index (χ0v) is 13.5. The molecule has 1 heterocycles. The number of hydrogen-bond donors (Lipinski definition) is 1. The molecule has 22 heavy (non-hydrogen) atoms. The number of nitrogens with zero attached hydrogens (tertiary/aromatic N) is 1. The molecular weight excluding hydrogens is 276 g/mol. The number of hydrogen-bond acceptors (Lipinski definition) is 3. The van der Waals surface area contributed by atoms with Crippen molar-refractivity contribution in [3.8, 4) is 0 Å². The van der Waals surface area contributed by atoms with E-state index in [1.165, 1.54) is 0 Å². The fourth-order valence-electron chi connectivity index (χ4n) is 2.31. The van der Waals surface area contributed by atoms with Crippen molar-refractivity contribution < 1.29 is 9.53 Å². The molecule has 4 heteroatoms. The van der Waals surface area contributed by atoms with Gasteiger partial charge in [-0.25, -0.2) is 0 Å². The molecular formula is C18H22N2O2. The van der Waals surface area contributed by atoms with Gasteiger partial charge in [0.25, 0.3) is 5.91 Å². The van der Waals surface area contributed by atoms with E-state index in [4.69, 9.17) is 4.74 Å². The van der Waals surface area contributed by atoms with Crippen LogP contribution in [0.15, 0.2) is 42.7 Å². The second kappa shape index (κ2) is 7.18. The number of aromatic nitrogens is 1. The highest BCUT2D eigenvalue weighted by Gasteiger charge is 2.18. The van der Waals surface area contributed by atoms with Crippen LogP contribution in [0.2, 0.25) is 0 Å². The number of nitrogens with one attached hydrogen (secondary N) is 1. The molecule has 1 unspecified atom stereocenters. The largest absolute Gasteiger partial charge is 0.351 e. The molecule has 2 aromatic rings. The van der Waals surface area contributed by atoms with Crippen LogP contribution in [0.5, 0.6) is 0 Å². The fourth-order valence-corrected chi connectivity index (χ4v) is 2.31. The van der Waals surface area contributed by atoms with Gasteiger partial charge in [0, 0.05) is 23.5 Å². The van der Waals surface area contributed by atoms with Crippen LogP contribution in [-0.4, -0.2) is 17.0 Å². The summed E-state index contributed by atoms with van der Waals surface area (Å²) in [6.45, 7) is 7.85. The van der Waals surface area contributed by atoms with Crippen molar-refractivity contribution >= 4 is 5.91 Å². The first-order chi connectivity index (χ1) is 10.5. The van der Waals surface area contributed by atoms with E-state index in [2.05, 4.69) is 10.3 Å². The number of aryl methyl sites for hydroxylation is 2. The lowest BCUT2D eigenvalue weighted by Gasteiger charge is -2.22. The van der Waals surface area contributed by atoms with Gasteiger partial charge in [-0.3, -0.25) is 9.78 Å². The predicted octanol–water partition coefficient (Wildman–Crippen LogP) is 3.55. The predicted molar refractivity (Wildman–Crippen MR) is 86.6 cm³/mol. The maximum absolute atomic E-state index is 12.5. The lowest BCUT2D eigenvalue weighted by atomic mass is 10.1. The highest BCUT2D eigenvalue weighted by atomic mass is 16.5. The summed E-state index contributed by atoms with van der Waals surface area (Å²) < 4.78 is 5.83. The van der Waals surface area contributed by atoms with Crippen LogP contribution >= 0.6 is 0 Å². The number of rotatable bonds is 5. The Balaban J connectivity index is 2.21. The summed E-state index contributed by atoms with van der Waals surface area (Å²) in [4.78, 5) is 16.5. The molecule has 0 saturated carbocycles.